The lowest BCUT2D eigenvalue weighted by Gasteiger charge is -2.34. The van der Waals surface area contributed by atoms with Gasteiger partial charge in [-0.05, 0) is 22.6 Å². The lowest BCUT2D eigenvalue weighted by molar-refractivity contribution is -0.389. The van der Waals surface area contributed by atoms with Crippen molar-refractivity contribution in [3.63, 3.8) is 0 Å². The standard InChI is InChI=1S/C16H15ClN8O2S/c17-12-4-2-1-3-11(12)10-28(14-5-7-19-20-14)15(21-22-16(28)18)9-24-8-6-13(23-24)25(26)27/h1-9,21H,10H2,(H2,18,22)(H,19,20). The van der Waals surface area contributed by atoms with Gasteiger partial charge < -0.3 is 15.8 Å². The molecular formula is C16H15ClN8O2S. The molecule has 4 rings (SSSR count). The van der Waals surface area contributed by atoms with Crippen LogP contribution >= 0.6 is 21.6 Å². The average Bonchev–Trinajstić information content (AvgIpc) is 3.41. The number of halogens is 1. The minimum Gasteiger partial charge on any atom is -0.377 e. The van der Waals surface area contributed by atoms with Crippen LogP contribution < -0.4 is 11.2 Å². The third-order valence-corrected chi connectivity index (χ3v) is 8.06. The van der Waals surface area contributed by atoms with Crippen molar-refractivity contribution < 1.29 is 4.92 Å². The highest BCUT2D eigenvalue weighted by Gasteiger charge is 2.41. The highest BCUT2D eigenvalue weighted by Crippen LogP contribution is 2.65. The van der Waals surface area contributed by atoms with Crippen LogP contribution in [-0.2, 0) is 5.75 Å². The number of hydrogen-bond donors (Lipinski definition) is 3. The second-order valence-corrected chi connectivity index (χ2v) is 9.33. The van der Waals surface area contributed by atoms with Gasteiger partial charge in [0.25, 0.3) is 0 Å². The Bertz CT molecular complexity index is 1090. The highest BCUT2D eigenvalue weighted by molar-refractivity contribution is 8.47. The molecule has 4 N–H and O–H groups in total. The number of amidine groups is 1. The summed E-state index contributed by atoms with van der Waals surface area (Å²) in [4.78, 5) is 10.4. The van der Waals surface area contributed by atoms with Gasteiger partial charge in [0.05, 0.1) is 28.6 Å². The van der Waals surface area contributed by atoms with Gasteiger partial charge in [-0.1, -0.05) is 39.8 Å². The Kier molecular flexibility index (Phi) is 4.53. The Labute approximate surface area is 165 Å². The number of hydrogen-bond acceptors (Lipinski definition) is 7. The second-order valence-electron chi connectivity index (χ2n) is 5.86. The van der Waals surface area contributed by atoms with Crippen LogP contribution in [0.4, 0.5) is 5.82 Å². The summed E-state index contributed by atoms with van der Waals surface area (Å²) in [6.45, 7) is 0. The first-order valence-electron chi connectivity index (χ1n) is 8.05. The van der Waals surface area contributed by atoms with Gasteiger partial charge in [0.1, 0.15) is 5.03 Å². The topological polar surface area (TPSA) is 140 Å². The zero-order valence-corrected chi connectivity index (χ0v) is 15.9. The Morgan fingerprint density at radius 2 is 2.14 bits per heavy atom. The predicted octanol–water partition coefficient (Wildman–Crippen LogP) is 2.82. The third kappa shape index (κ3) is 3.00. The molecule has 12 heteroatoms. The van der Waals surface area contributed by atoms with Crippen molar-refractivity contribution in [2.45, 2.75) is 10.8 Å². The molecule has 1 atom stereocenters. The van der Waals surface area contributed by atoms with Crippen molar-refractivity contribution in [1.29, 1.82) is 0 Å². The van der Waals surface area contributed by atoms with Crippen molar-refractivity contribution >= 4 is 38.8 Å². The molecule has 0 bridgehead atoms. The van der Waals surface area contributed by atoms with Gasteiger partial charge in [0, 0.05) is 17.0 Å². The predicted molar refractivity (Wildman–Crippen MR) is 108 cm³/mol. The van der Waals surface area contributed by atoms with Crippen molar-refractivity contribution in [1.82, 2.24) is 25.4 Å². The number of nitrogens with zero attached hydrogens (tertiary/aromatic N) is 5. The summed E-state index contributed by atoms with van der Waals surface area (Å²) in [5.41, 5.74) is 10.2. The number of H-pyrrole nitrogens is 1. The maximum absolute atomic E-state index is 10.9. The summed E-state index contributed by atoms with van der Waals surface area (Å²) in [6, 6.07) is 10.6. The van der Waals surface area contributed by atoms with E-state index in [1.54, 1.807) is 12.4 Å². The minimum absolute atomic E-state index is 0.253. The number of hydrazone groups is 1. The summed E-state index contributed by atoms with van der Waals surface area (Å²) in [5.74, 6) is 0.226. The van der Waals surface area contributed by atoms with Crippen LogP contribution in [0.2, 0.25) is 5.02 Å². The fourth-order valence-electron chi connectivity index (χ4n) is 2.86. The SMILES string of the molecule is NC1=NNC(=Cn2ccc([N+](=O)[O-])n2)S1(Cc1ccccc1Cl)c1ccn[nH]1. The Morgan fingerprint density at radius 3 is 2.82 bits per heavy atom. The first-order valence-corrected chi connectivity index (χ1v) is 10.2. The van der Waals surface area contributed by atoms with E-state index in [2.05, 4.69) is 25.8 Å². The molecular weight excluding hydrogens is 404 g/mol. The first kappa shape index (κ1) is 18.1. The van der Waals surface area contributed by atoms with Crippen molar-refractivity contribution in [2.75, 3.05) is 0 Å². The molecule has 1 aliphatic rings. The fourth-order valence-corrected chi connectivity index (χ4v) is 6.20. The molecule has 28 heavy (non-hydrogen) atoms. The van der Waals surface area contributed by atoms with E-state index in [0.29, 0.717) is 21.0 Å². The average molecular weight is 419 g/mol. The smallest absolute Gasteiger partial charge is 0.377 e. The molecule has 0 fully saturated rings. The molecule has 144 valence electrons. The summed E-state index contributed by atoms with van der Waals surface area (Å²) >= 11 is 6.39. The molecule has 3 aromatic rings. The second kappa shape index (κ2) is 7.02. The number of aromatic amines is 1. The summed E-state index contributed by atoms with van der Waals surface area (Å²) in [7, 11) is -2.06. The minimum atomic E-state index is -2.06. The number of aromatic nitrogens is 4. The van der Waals surface area contributed by atoms with Crippen LogP contribution in [-0.4, -0.2) is 30.1 Å². The van der Waals surface area contributed by atoms with Crippen LogP contribution in [0.1, 0.15) is 5.56 Å². The zero-order chi connectivity index (χ0) is 19.7. The van der Waals surface area contributed by atoms with Crippen LogP contribution in [0.5, 0.6) is 0 Å². The Balaban J connectivity index is 1.84. The van der Waals surface area contributed by atoms with E-state index in [9.17, 15) is 10.1 Å². The van der Waals surface area contributed by atoms with Crippen LogP contribution in [0, 0.1) is 10.1 Å². The van der Waals surface area contributed by atoms with E-state index < -0.39 is 15.0 Å². The molecule has 2 aromatic heterocycles. The zero-order valence-electron chi connectivity index (χ0n) is 14.3. The van der Waals surface area contributed by atoms with E-state index >= 15 is 0 Å². The molecule has 0 radical (unpaired) electrons. The van der Waals surface area contributed by atoms with Crippen LogP contribution in [0.15, 0.2) is 63.9 Å². The number of nitrogens with one attached hydrogen (secondary N) is 2. The normalized spacial score (nSPS) is 22.5. The van der Waals surface area contributed by atoms with Gasteiger partial charge in [-0.15, -0.1) is 0 Å². The number of nitro groups is 1. The lowest BCUT2D eigenvalue weighted by Crippen LogP contribution is -2.22. The highest BCUT2D eigenvalue weighted by atomic mass is 35.5. The maximum Gasteiger partial charge on any atom is 0.390 e. The van der Waals surface area contributed by atoms with Crippen molar-refractivity contribution in [2.24, 2.45) is 10.8 Å². The largest absolute Gasteiger partial charge is 0.390 e. The Hall–Kier alpha value is -3.31. The fraction of sp³-hybridized carbons (Fsp3) is 0.0625. The maximum atomic E-state index is 10.9. The molecule has 1 unspecified atom stereocenters. The summed E-state index contributed by atoms with van der Waals surface area (Å²) in [6.07, 6.45) is 4.77. The Morgan fingerprint density at radius 1 is 1.32 bits per heavy atom. The van der Waals surface area contributed by atoms with E-state index in [-0.39, 0.29) is 5.82 Å². The monoisotopic (exact) mass is 418 g/mol. The van der Waals surface area contributed by atoms with E-state index in [4.69, 9.17) is 17.3 Å². The lowest BCUT2D eigenvalue weighted by atomic mass is 10.2. The first-order chi connectivity index (χ1) is 13.5. The van der Waals surface area contributed by atoms with Gasteiger partial charge in [-0.2, -0.15) is 14.9 Å². The summed E-state index contributed by atoms with van der Waals surface area (Å²) < 4.78 is 1.36. The molecule has 10 nitrogen and oxygen atoms in total. The van der Waals surface area contributed by atoms with Gasteiger partial charge in [-0.25, -0.2) is 0 Å². The molecule has 0 aliphatic carbocycles. The third-order valence-electron chi connectivity index (χ3n) is 4.22. The van der Waals surface area contributed by atoms with Crippen LogP contribution in [0.3, 0.4) is 0 Å². The van der Waals surface area contributed by atoms with E-state index in [0.717, 1.165) is 10.6 Å². The molecule has 0 saturated carbocycles. The molecule has 1 aromatic carbocycles. The molecule has 3 heterocycles. The number of nitrogens with two attached hydrogens (primary N) is 1. The number of benzene rings is 1. The summed E-state index contributed by atoms with van der Waals surface area (Å²) in [5, 5.41) is 28.6. The van der Waals surface area contributed by atoms with Gasteiger partial charge in [-0.3, -0.25) is 10.5 Å². The van der Waals surface area contributed by atoms with Gasteiger partial charge in [0.2, 0.25) is 0 Å². The van der Waals surface area contributed by atoms with Crippen molar-refractivity contribution in [3.05, 3.63) is 74.5 Å². The van der Waals surface area contributed by atoms with Crippen molar-refractivity contribution in [3.8, 4) is 0 Å². The van der Waals surface area contributed by atoms with Crippen LogP contribution in [0.25, 0.3) is 6.20 Å². The van der Waals surface area contributed by atoms with E-state index in [1.165, 1.54) is 16.9 Å². The van der Waals surface area contributed by atoms with E-state index in [1.807, 2.05) is 30.3 Å². The molecule has 0 amide bonds. The molecule has 1 aliphatic heterocycles. The van der Waals surface area contributed by atoms with Gasteiger partial charge in [0.15, 0.2) is 5.17 Å². The number of rotatable bonds is 5. The molecule has 0 saturated heterocycles. The van der Waals surface area contributed by atoms with Gasteiger partial charge >= 0.3 is 5.82 Å². The quantitative estimate of drug-likeness (QED) is 0.430. The molecule has 0 spiro atoms.